The summed E-state index contributed by atoms with van der Waals surface area (Å²) in [5.41, 5.74) is -0.357. The van der Waals surface area contributed by atoms with Crippen LogP contribution in [0, 0.1) is 0 Å². The van der Waals surface area contributed by atoms with Gasteiger partial charge in [-0.3, -0.25) is 0 Å². The van der Waals surface area contributed by atoms with E-state index in [2.05, 4.69) is 4.42 Å². The second-order valence-corrected chi connectivity index (χ2v) is 2.91. The third-order valence-electron chi connectivity index (χ3n) is 1.62. The summed E-state index contributed by atoms with van der Waals surface area (Å²) in [6.45, 7) is 0. The zero-order valence-electron chi connectivity index (χ0n) is 6.08. The van der Waals surface area contributed by atoms with E-state index in [1.165, 1.54) is 12.3 Å². The van der Waals surface area contributed by atoms with Crippen molar-refractivity contribution in [1.29, 1.82) is 0 Å². The fraction of sp³-hybridized carbons (Fsp3) is 0. The molecule has 0 bridgehead atoms. The average molecular weight is 181 g/mol. The van der Waals surface area contributed by atoms with E-state index in [1.807, 2.05) is 0 Å². The Morgan fingerprint density at radius 1 is 1.17 bits per heavy atom. The van der Waals surface area contributed by atoms with Crippen LogP contribution >= 0.6 is 11.6 Å². The van der Waals surface area contributed by atoms with E-state index in [0.29, 0.717) is 5.02 Å². The van der Waals surface area contributed by atoms with Crippen LogP contribution in [0.1, 0.15) is 0 Å². The van der Waals surface area contributed by atoms with Crippen LogP contribution in [0.4, 0.5) is 0 Å². The molecule has 0 aliphatic heterocycles. The van der Waals surface area contributed by atoms with Crippen LogP contribution in [-0.4, -0.2) is 0 Å². The molecule has 0 amide bonds. The Bertz CT molecular complexity index is 473. The maximum absolute atomic E-state index is 10.8. The van der Waals surface area contributed by atoms with Crippen LogP contribution in [0.25, 0.3) is 10.8 Å². The number of rotatable bonds is 0. The summed E-state index contributed by atoms with van der Waals surface area (Å²) in [6, 6.07) is 6.71. The van der Waals surface area contributed by atoms with Gasteiger partial charge in [-0.15, -0.1) is 0 Å². The second kappa shape index (κ2) is 2.64. The molecule has 2 rings (SSSR count). The number of benzene rings is 1. The van der Waals surface area contributed by atoms with Gasteiger partial charge in [-0.2, -0.15) is 0 Å². The standard InChI is InChI=1S/C9H5ClO2/c10-8-2-1-6-5-12-9(11)4-7(6)3-8/h1-5H. The van der Waals surface area contributed by atoms with Crippen molar-refractivity contribution in [2.45, 2.75) is 0 Å². The van der Waals surface area contributed by atoms with Crippen molar-refractivity contribution < 1.29 is 4.42 Å². The predicted molar refractivity (Wildman–Crippen MR) is 47.5 cm³/mol. The molecule has 0 saturated carbocycles. The smallest absolute Gasteiger partial charge is 0.336 e. The zero-order chi connectivity index (χ0) is 8.55. The van der Waals surface area contributed by atoms with E-state index in [1.54, 1.807) is 18.2 Å². The summed E-state index contributed by atoms with van der Waals surface area (Å²) < 4.78 is 4.68. The van der Waals surface area contributed by atoms with Crippen molar-refractivity contribution in [1.82, 2.24) is 0 Å². The van der Waals surface area contributed by atoms with Gasteiger partial charge in [-0.25, -0.2) is 4.79 Å². The van der Waals surface area contributed by atoms with Crippen molar-refractivity contribution in [3.05, 3.63) is 46.0 Å². The zero-order valence-corrected chi connectivity index (χ0v) is 6.84. The quantitative estimate of drug-likeness (QED) is 0.624. The molecule has 0 aliphatic carbocycles. The Morgan fingerprint density at radius 2 is 2.00 bits per heavy atom. The number of fused-ring (bicyclic) bond motifs is 1. The average Bonchev–Trinajstić information content (AvgIpc) is 2.03. The number of hydrogen-bond donors (Lipinski definition) is 0. The molecule has 0 unspecified atom stereocenters. The molecule has 0 spiro atoms. The highest BCUT2D eigenvalue weighted by Gasteiger charge is 1.95. The van der Waals surface area contributed by atoms with Crippen LogP contribution < -0.4 is 5.63 Å². The molecule has 0 aliphatic rings. The Balaban J connectivity index is 2.89. The molecule has 0 saturated heterocycles. The lowest BCUT2D eigenvalue weighted by molar-refractivity contribution is 0.518. The molecule has 0 atom stereocenters. The fourth-order valence-corrected chi connectivity index (χ4v) is 1.24. The number of halogens is 1. The molecule has 0 radical (unpaired) electrons. The summed E-state index contributed by atoms with van der Waals surface area (Å²) in [5, 5.41) is 2.30. The molecule has 0 fully saturated rings. The highest BCUT2D eigenvalue weighted by atomic mass is 35.5. The van der Waals surface area contributed by atoms with Crippen LogP contribution in [-0.2, 0) is 0 Å². The Hall–Kier alpha value is -1.28. The van der Waals surface area contributed by atoms with Gasteiger partial charge in [0.2, 0.25) is 0 Å². The Morgan fingerprint density at radius 3 is 2.83 bits per heavy atom. The minimum Gasteiger partial charge on any atom is -0.431 e. The van der Waals surface area contributed by atoms with Gasteiger partial charge in [0.25, 0.3) is 0 Å². The van der Waals surface area contributed by atoms with Crippen molar-refractivity contribution in [2.24, 2.45) is 0 Å². The fourth-order valence-electron chi connectivity index (χ4n) is 1.06. The Kier molecular flexibility index (Phi) is 1.62. The van der Waals surface area contributed by atoms with Gasteiger partial charge in [0.1, 0.15) is 6.26 Å². The maximum atomic E-state index is 10.8. The van der Waals surface area contributed by atoms with E-state index in [9.17, 15) is 4.79 Å². The maximum Gasteiger partial charge on any atom is 0.336 e. The normalized spacial score (nSPS) is 10.4. The lowest BCUT2D eigenvalue weighted by Gasteiger charge is -1.94. The molecule has 2 nitrogen and oxygen atoms in total. The third kappa shape index (κ3) is 1.21. The summed E-state index contributed by atoms with van der Waals surface area (Å²) in [5.74, 6) is 0. The lowest BCUT2D eigenvalue weighted by Crippen LogP contribution is -1.93. The van der Waals surface area contributed by atoms with Gasteiger partial charge < -0.3 is 4.42 Å². The molecule has 1 aromatic heterocycles. The minimum absolute atomic E-state index is 0.357. The summed E-state index contributed by atoms with van der Waals surface area (Å²) >= 11 is 5.74. The van der Waals surface area contributed by atoms with E-state index in [4.69, 9.17) is 11.6 Å². The third-order valence-corrected chi connectivity index (χ3v) is 1.86. The van der Waals surface area contributed by atoms with Gasteiger partial charge >= 0.3 is 5.63 Å². The van der Waals surface area contributed by atoms with Crippen LogP contribution in [0.15, 0.2) is 39.7 Å². The molecule has 12 heavy (non-hydrogen) atoms. The van der Waals surface area contributed by atoms with Crippen molar-refractivity contribution in [3.8, 4) is 0 Å². The van der Waals surface area contributed by atoms with Gasteiger partial charge in [0.15, 0.2) is 0 Å². The van der Waals surface area contributed by atoms with Gasteiger partial charge in [0, 0.05) is 16.5 Å². The molecule has 2 aromatic rings. The first-order valence-corrected chi connectivity index (χ1v) is 3.81. The lowest BCUT2D eigenvalue weighted by atomic mass is 10.2. The highest BCUT2D eigenvalue weighted by molar-refractivity contribution is 6.31. The molecule has 1 aromatic carbocycles. The molecule has 3 heteroatoms. The minimum atomic E-state index is -0.357. The first kappa shape index (κ1) is 7.37. The van der Waals surface area contributed by atoms with E-state index in [0.717, 1.165) is 10.8 Å². The van der Waals surface area contributed by atoms with Crippen molar-refractivity contribution >= 4 is 22.4 Å². The molecule has 1 heterocycles. The van der Waals surface area contributed by atoms with E-state index in [-0.39, 0.29) is 5.63 Å². The van der Waals surface area contributed by atoms with E-state index < -0.39 is 0 Å². The Labute approximate surface area is 73.4 Å². The largest absolute Gasteiger partial charge is 0.431 e. The first-order chi connectivity index (χ1) is 5.75. The molecular weight excluding hydrogens is 176 g/mol. The SMILES string of the molecule is O=c1cc2cc(Cl)ccc2co1. The number of hydrogen-bond acceptors (Lipinski definition) is 2. The van der Waals surface area contributed by atoms with Crippen molar-refractivity contribution in [3.63, 3.8) is 0 Å². The summed E-state index contributed by atoms with van der Waals surface area (Å²) in [4.78, 5) is 10.8. The monoisotopic (exact) mass is 180 g/mol. The van der Waals surface area contributed by atoms with E-state index >= 15 is 0 Å². The van der Waals surface area contributed by atoms with Gasteiger partial charge in [0.05, 0.1) is 0 Å². The van der Waals surface area contributed by atoms with Crippen molar-refractivity contribution in [2.75, 3.05) is 0 Å². The van der Waals surface area contributed by atoms with Crippen LogP contribution in [0.2, 0.25) is 5.02 Å². The molecular formula is C9H5ClO2. The first-order valence-electron chi connectivity index (χ1n) is 3.44. The van der Waals surface area contributed by atoms with Gasteiger partial charge in [-0.05, 0) is 23.6 Å². The molecule has 60 valence electrons. The van der Waals surface area contributed by atoms with Crippen LogP contribution in [0.5, 0.6) is 0 Å². The second-order valence-electron chi connectivity index (χ2n) is 2.47. The topological polar surface area (TPSA) is 30.2 Å². The highest BCUT2D eigenvalue weighted by Crippen LogP contribution is 2.16. The molecule has 0 N–H and O–H groups in total. The summed E-state index contributed by atoms with van der Waals surface area (Å²) in [6.07, 6.45) is 1.42. The summed E-state index contributed by atoms with van der Waals surface area (Å²) in [7, 11) is 0. The van der Waals surface area contributed by atoms with Crippen LogP contribution in [0.3, 0.4) is 0 Å². The predicted octanol–water partition coefficient (Wildman–Crippen LogP) is 2.45. The van der Waals surface area contributed by atoms with Gasteiger partial charge in [-0.1, -0.05) is 11.6 Å².